The fraction of sp³-hybridized carbons (Fsp3) is 0.368. The van der Waals surface area contributed by atoms with Crippen LogP contribution >= 0.6 is 38.9 Å². The molecule has 1 aromatic heterocycles. The third-order valence-corrected chi connectivity index (χ3v) is 6.35. The Hall–Kier alpha value is -1.57. The van der Waals surface area contributed by atoms with Gasteiger partial charge >= 0.3 is 0 Å². The lowest BCUT2D eigenvalue weighted by Gasteiger charge is -2.29. The van der Waals surface area contributed by atoms with Crippen LogP contribution in [0.2, 0.25) is 5.02 Å². The molecule has 0 atom stereocenters. The van der Waals surface area contributed by atoms with E-state index >= 15 is 0 Å². The van der Waals surface area contributed by atoms with Crippen molar-refractivity contribution in [1.82, 2.24) is 4.90 Å². The minimum absolute atomic E-state index is 0.0279. The fourth-order valence-electron chi connectivity index (χ4n) is 3.08. The van der Waals surface area contributed by atoms with Gasteiger partial charge in [0.2, 0.25) is 5.91 Å². The molecule has 0 bridgehead atoms. The van der Waals surface area contributed by atoms with E-state index in [1.54, 1.807) is 19.2 Å². The summed E-state index contributed by atoms with van der Waals surface area (Å²) >= 11 is 11.1. The molecular formula is C19H21BrClN3O2S. The fourth-order valence-corrected chi connectivity index (χ4v) is 4.76. The van der Waals surface area contributed by atoms with E-state index < -0.39 is 0 Å². The van der Waals surface area contributed by atoms with Gasteiger partial charge in [0.25, 0.3) is 5.91 Å². The lowest BCUT2D eigenvalue weighted by atomic mass is 10.1. The Kier molecular flexibility index (Phi) is 6.78. The Labute approximate surface area is 176 Å². The van der Waals surface area contributed by atoms with Gasteiger partial charge in [0, 0.05) is 25.8 Å². The average molecular weight is 471 g/mol. The van der Waals surface area contributed by atoms with Gasteiger partial charge in [0.1, 0.15) is 0 Å². The summed E-state index contributed by atoms with van der Waals surface area (Å²) < 4.78 is 0.882. The van der Waals surface area contributed by atoms with Crippen LogP contribution < -0.4 is 10.2 Å². The lowest BCUT2D eigenvalue weighted by Crippen LogP contribution is -2.34. The number of hydrogen-bond acceptors (Lipinski definition) is 4. The predicted molar refractivity (Wildman–Crippen MR) is 115 cm³/mol. The molecule has 2 aromatic rings. The van der Waals surface area contributed by atoms with E-state index in [0.717, 1.165) is 22.6 Å². The quantitative estimate of drug-likeness (QED) is 0.678. The maximum absolute atomic E-state index is 12.3. The number of carbonyl (C=O) groups is 2. The van der Waals surface area contributed by atoms with Crippen LogP contribution in [0.25, 0.3) is 0 Å². The maximum Gasteiger partial charge on any atom is 0.264 e. The van der Waals surface area contributed by atoms with Crippen LogP contribution in [0.15, 0.2) is 34.1 Å². The summed E-state index contributed by atoms with van der Waals surface area (Å²) in [6, 6.07) is 9.12. The molecule has 1 aliphatic heterocycles. The highest BCUT2D eigenvalue weighted by atomic mass is 79.9. The minimum Gasteiger partial charge on any atom is -0.370 e. The van der Waals surface area contributed by atoms with Crippen LogP contribution in [-0.4, -0.2) is 43.4 Å². The normalized spacial score (nSPS) is 14.1. The number of halogens is 2. The zero-order valence-electron chi connectivity index (χ0n) is 15.0. The van der Waals surface area contributed by atoms with E-state index in [1.165, 1.54) is 35.5 Å². The molecule has 27 heavy (non-hydrogen) atoms. The molecule has 1 N–H and O–H groups in total. The summed E-state index contributed by atoms with van der Waals surface area (Å²) in [6.45, 7) is 1.99. The molecule has 5 nitrogen and oxygen atoms in total. The van der Waals surface area contributed by atoms with Gasteiger partial charge in [-0.1, -0.05) is 11.6 Å². The number of benzene rings is 1. The van der Waals surface area contributed by atoms with Crippen molar-refractivity contribution < 1.29 is 9.59 Å². The SMILES string of the molecule is CN(CC(=O)Nc1ccc(N2CCCCC2)c(Cl)c1)C(=O)c1ccc(Br)s1. The van der Waals surface area contributed by atoms with Gasteiger partial charge in [0.05, 0.1) is 25.9 Å². The monoisotopic (exact) mass is 469 g/mol. The summed E-state index contributed by atoms with van der Waals surface area (Å²) in [5.74, 6) is -0.442. The van der Waals surface area contributed by atoms with Gasteiger partial charge in [-0.3, -0.25) is 9.59 Å². The van der Waals surface area contributed by atoms with E-state index in [9.17, 15) is 9.59 Å². The zero-order valence-corrected chi connectivity index (χ0v) is 18.2. The van der Waals surface area contributed by atoms with Crippen molar-refractivity contribution in [2.45, 2.75) is 19.3 Å². The summed E-state index contributed by atoms with van der Waals surface area (Å²) in [6.07, 6.45) is 3.61. The summed E-state index contributed by atoms with van der Waals surface area (Å²) in [5, 5.41) is 3.44. The van der Waals surface area contributed by atoms with Gasteiger partial charge in [-0.05, 0) is 65.5 Å². The number of hydrogen-bond donors (Lipinski definition) is 1. The Bertz CT molecular complexity index is 836. The van der Waals surface area contributed by atoms with Crippen molar-refractivity contribution in [2.75, 3.05) is 36.9 Å². The Balaban J connectivity index is 1.58. The van der Waals surface area contributed by atoms with Gasteiger partial charge in [-0.2, -0.15) is 0 Å². The van der Waals surface area contributed by atoms with Crippen molar-refractivity contribution >= 4 is 62.1 Å². The van der Waals surface area contributed by atoms with Gasteiger partial charge in [0.15, 0.2) is 0 Å². The van der Waals surface area contributed by atoms with Crippen LogP contribution in [0.5, 0.6) is 0 Å². The van der Waals surface area contributed by atoms with E-state index in [1.807, 2.05) is 18.2 Å². The number of rotatable bonds is 5. The molecule has 8 heteroatoms. The molecular weight excluding hydrogens is 450 g/mol. The highest BCUT2D eigenvalue weighted by molar-refractivity contribution is 9.11. The largest absolute Gasteiger partial charge is 0.370 e. The zero-order chi connectivity index (χ0) is 19.4. The molecule has 1 aromatic carbocycles. The van der Waals surface area contributed by atoms with E-state index in [4.69, 9.17) is 11.6 Å². The van der Waals surface area contributed by atoms with Crippen molar-refractivity contribution in [2.24, 2.45) is 0 Å². The summed E-state index contributed by atoms with van der Waals surface area (Å²) in [7, 11) is 1.61. The van der Waals surface area contributed by atoms with Crippen LogP contribution in [-0.2, 0) is 4.79 Å². The second-order valence-corrected chi connectivity index (χ2v) is 9.40. The standard InChI is InChI=1S/C19H21BrClN3O2S/c1-23(19(26)16-7-8-17(20)27-16)12-18(25)22-13-5-6-15(14(21)11-13)24-9-3-2-4-10-24/h5-8,11H,2-4,9-10,12H2,1H3,(H,22,25). The van der Waals surface area contributed by atoms with Crippen LogP contribution in [0, 0.1) is 0 Å². The van der Waals surface area contributed by atoms with Crippen molar-refractivity contribution in [3.8, 4) is 0 Å². The molecule has 0 unspecified atom stereocenters. The minimum atomic E-state index is -0.261. The number of nitrogens with one attached hydrogen (secondary N) is 1. The second-order valence-electron chi connectivity index (χ2n) is 6.53. The smallest absolute Gasteiger partial charge is 0.264 e. The molecule has 1 saturated heterocycles. The van der Waals surface area contributed by atoms with Gasteiger partial charge in [-0.25, -0.2) is 0 Å². The molecule has 1 aliphatic rings. The number of anilines is 2. The molecule has 0 radical (unpaired) electrons. The lowest BCUT2D eigenvalue weighted by molar-refractivity contribution is -0.116. The average Bonchev–Trinajstić information content (AvgIpc) is 3.08. The molecule has 2 heterocycles. The van der Waals surface area contributed by atoms with E-state index in [-0.39, 0.29) is 18.4 Å². The third-order valence-electron chi connectivity index (χ3n) is 4.44. The first-order valence-corrected chi connectivity index (χ1v) is 10.8. The molecule has 0 saturated carbocycles. The third kappa shape index (κ3) is 5.24. The van der Waals surface area contributed by atoms with Crippen LogP contribution in [0.4, 0.5) is 11.4 Å². The van der Waals surface area contributed by atoms with Crippen molar-refractivity contribution in [3.05, 3.63) is 44.0 Å². The van der Waals surface area contributed by atoms with E-state index in [0.29, 0.717) is 15.6 Å². The number of thiophene rings is 1. The first-order chi connectivity index (χ1) is 12.9. The molecule has 3 rings (SSSR count). The second kappa shape index (κ2) is 9.08. The first-order valence-electron chi connectivity index (χ1n) is 8.79. The van der Waals surface area contributed by atoms with Gasteiger partial charge in [-0.15, -0.1) is 11.3 Å². The Morgan fingerprint density at radius 2 is 1.96 bits per heavy atom. The van der Waals surface area contributed by atoms with Crippen LogP contribution in [0.3, 0.4) is 0 Å². The first kappa shape index (κ1) is 20.2. The molecule has 2 amide bonds. The van der Waals surface area contributed by atoms with Gasteiger partial charge < -0.3 is 15.1 Å². The Morgan fingerprint density at radius 3 is 2.59 bits per heavy atom. The van der Waals surface area contributed by atoms with Crippen LogP contribution in [0.1, 0.15) is 28.9 Å². The predicted octanol–water partition coefficient (Wildman–Crippen LogP) is 4.87. The Morgan fingerprint density at radius 1 is 1.22 bits per heavy atom. The van der Waals surface area contributed by atoms with E-state index in [2.05, 4.69) is 26.1 Å². The molecule has 144 valence electrons. The number of piperidine rings is 1. The number of nitrogens with zero attached hydrogens (tertiary/aromatic N) is 2. The summed E-state index contributed by atoms with van der Waals surface area (Å²) in [4.78, 5) is 28.9. The highest BCUT2D eigenvalue weighted by Gasteiger charge is 2.18. The number of amides is 2. The van der Waals surface area contributed by atoms with Crippen molar-refractivity contribution in [3.63, 3.8) is 0 Å². The summed E-state index contributed by atoms with van der Waals surface area (Å²) in [5.41, 5.74) is 1.63. The maximum atomic E-state index is 12.3. The van der Waals surface area contributed by atoms with Crippen molar-refractivity contribution in [1.29, 1.82) is 0 Å². The molecule has 1 fully saturated rings. The molecule has 0 aliphatic carbocycles. The number of carbonyl (C=O) groups excluding carboxylic acids is 2. The topological polar surface area (TPSA) is 52.7 Å². The highest BCUT2D eigenvalue weighted by Crippen LogP contribution is 2.31. The molecule has 0 spiro atoms. The number of likely N-dealkylation sites (N-methyl/N-ethyl adjacent to an activating group) is 1.